The summed E-state index contributed by atoms with van der Waals surface area (Å²) in [5.74, 6) is 0. The Balaban J connectivity index is 0.000000482. The third kappa shape index (κ3) is 4.37. The molecule has 0 aliphatic heterocycles. The first-order chi connectivity index (χ1) is 9.36. The number of rotatable bonds is 0. The van der Waals surface area contributed by atoms with E-state index in [-0.39, 0.29) is 41.1 Å². The number of hydrogen-bond donors (Lipinski definition) is 1. The van der Waals surface area contributed by atoms with Gasteiger partial charge in [0.1, 0.15) is 0 Å². The van der Waals surface area contributed by atoms with Crippen LogP contribution in [0.3, 0.4) is 0 Å². The Hall–Kier alpha value is -1.25. The predicted molar refractivity (Wildman–Crippen MR) is 90.3 cm³/mol. The quantitative estimate of drug-likeness (QED) is 0.368. The van der Waals surface area contributed by atoms with Crippen LogP contribution in [-0.2, 0) is 32.6 Å². The van der Waals surface area contributed by atoms with Gasteiger partial charge in [-0.3, -0.25) is 0 Å². The van der Waals surface area contributed by atoms with E-state index in [0.717, 1.165) is 6.42 Å². The predicted octanol–water partition coefficient (Wildman–Crippen LogP) is 3.16. The van der Waals surface area contributed by atoms with Gasteiger partial charge < -0.3 is 24.8 Å². The standard InChI is InChI=1S/C13H9Si.C3H3N2.2CH3.Zr/c14-13-7-3-6-11-10-5-2-1-4-9(10)8-12(11)13;1-2-5-3-4-1;;;/h1-7H,8H2;1-2H,(H,4,5);2*1H3;/q;3*-1;+3. The minimum atomic E-state index is 0. The first-order valence-corrected chi connectivity index (χ1v) is 6.63. The van der Waals surface area contributed by atoms with Crippen molar-refractivity contribution in [2.45, 2.75) is 6.42 Å². The molecule has 0 amide bonds. The molecule has 2 nitrogen and oxygen atoms in total. The van der Waals surface area contributed by atoms with E-state index in [0.29, 0.717) is 0 Å². The molecule has 1 heterocycles. The summed E-state index contributed by atoms with van der Waals surface area (Å²) in [6.45, 7) is 0. The minimum absolute atomic E-state index is 0. The van der Waals surface area contributed by atoms with Gasteiger partial charge in [-0.25, -0.2) is 0 Å². The third-order valence-corrected chi connectivity index (χ3v) is 3.68. The molecule has 4 heteroatoms. The summed E-state index contributed by atoms with van der Waals surface area (Å²) in [5, 5.41) is 1.22. The van der Waals surface area contributed by atoms with E-state index in [4.69, 9.17) is 0 Å². The molecule has 1 N–H and O–H groups in total. The molecule has 4 radical (unpaired) electrons. The zero-order valence-electron chi connectivity index (χ0n) is 12.9. The number of aromatic amines is 1. The number of H-pyrrole nitrogens is 1. The van der Waals surface area contributed by atoms with Crippen LogP contribution in [0.1, 0.15) is 11.1 Å². The first kappa shape index (κ1) is 20.8. The Morgan fingerprint density at radius 2 is 1.73 bits per heavy atom. The molecule has 0 bridgehead atoms. The SMILES string of the molecule is [CH3-].[CH3-].[Si]c1cccc2c1Cc1ccccc1-2.[Zr+3].[c-]1ncc[nH]1. The van der Waals surface area contributed by atoms with Gasteiger partial charge in [-0.05, 0) is 35.0 Å². The summed E-state index contributed by atoms with van der Waals surface area (Å²) >= 11 is 0. The molecule has 22 heavy (non-hydrogen) atoms. The molecular weight excluding hydrogens is 364 g/mol. The number of hydrogen-bond acceptors (Lipinski definition) is 1. The molecule has 2 aromatic carbocycles. The maximum Gasteiger partial charge on any atom is 3.00 e. The number of fused-ring (bicyclic) bond motifs is 3. The molecule has 0 spiro atoms. The molecule has 1 aromatic heterocycles. The summed E-state index contributed by atoms with van der Waals surface area (Å²) in [4.78, 5) is 6.17. The minimum Gasteiger partial charge on any atom is -0.467 e. The van der Waals surface area contributed by atoms with Crippen molar-refractivity contribution in [3.63, 3.8) is 0 Å². The van der Waals surface area contributed by atoms with E-state index < -0.39 is 0 Å². The van der Waals surface area contributed by atoms with Crippen molar-refractivity contribution in [1.82, 2.24) is 9.97 Å². The monoisotopic (exact) mass is 380 g/mol. The van der Waals surface area contributed by atoms with Crippen molar-refractivity contribution in [3.05, 3.63) is 87.2 Å². The van der Waals surface area contributed by atoms with E-state index in [2.05, 4.69) is 69.0 Å². The van der Waals surface area contributed by atoms with Gasteiger partial charge >= 0.3 is 26.2 Å². The van der Waals surface area contributed by atoms with Gasteiger partial charge in [-0.1, -0.05) is 47.7 Å². The van der Waals surface area contributed by atoms with Crippen molar-refractivity contribution in [2.75, 3.05) is 0 Å². The van der Waals surface area contributed by atoms with Gasteiger partial charge in [0.15, 0.2) is 0 Å². The van der Waals surface area contributed by atoms with Gasteiger partial charge in [0, 0.05) is 0 Å². The molecule has 3 aromatic rings. The molecule has 1 aliphatic rings. The van der Waals surface area contributed by atoms with Crippen molar-refractivity contribution in [1.29, 1.82) is 0 Å². The molecule has 4 rings (SSSR count). The third-order valence-electron chi connectivity index (χ3n) is 3.21. The Kier molecular flexibility index (Phi) is 9.15. The van der Waals surface area contributed by atoms with Crippen LogP contribution in [0.25, 0.3) is 11.1 Å². The average Bonchev–Trinajstić information content (AvgIpc) is 3.10. The van der Waals surface area contributed by atoms with Crippen LogP contribution in [0.4, 0.5) is 0 Å². The van der Waals surface area contributed by atoms with Gasteiger partial charge in [0.25, 0.3) is 0 Å². The molecular formula is C18H18N2SiZr. The van der Waals surface area contributed by atoms with Crippen LogP contribution in [0.5, 0.6) is 0 Å². The zero-order chi connectivity index (χ0) is 13.1. The number of benzene rings is 2. The zero-order valence-corrected chi connectivity index (χ0v) is 16.3. The van der Waals surface area contributed by atoms with Gasteiger partial charge in [-0.15, -0.1) is 12.4 Å². The van der Waals surface area contributed by atoms with Crippen LogP contribution < -0.4 is 5.19 Å². The van der Waals surface area contributed by atoms with E-state index in [9.17, 15) is 0 Å². The maximum atomic E-state index is 3.66. The average molecular weight is 382 g/mol. The van der Waals surface area contributed by atoms with Crippen LogP contribution in [0.2, 0.25) is 0 Å². The van der Waals surface area contributed by atoms with Crippen LogP contribution >= 0.6 is 0 Å². The van der Waals surface area contributed by atoms with Crippen LogP contribution in [-0.4, -0.2) is 20.2 Å². The summed E-state index contributed by atoms with van der Waals surface area (Å²) < 4.78 is 0. The summed E-state index contributed by atoms with van der Waals surface area (Å²) in [7, 11) is 3.66. The first-order valence-electron chi connectivity index (χ1n) is 6.13. The molecule has 0 saturated heterocycles. The summed E-state index contributed by atoms with van der Waals surface area (Å²) in [5.41, 5.74) is 5.63. The van der Waals surface area contributed by atoms with E-state index in [1.54, 1.807) is 12.4 Å². The Morgan fingerprint density at radius 3 is 2.36 bits per heavy atom. The fourth-order valence-corrected chi connectivity index (χ4v) is 2.66. The molecule has 0 unspecified atom stereocenters. The number of nitrogens with zero attached hydrogens (tertiary/aromatic N) is 1. The summed E-state index contributed by atoms with van der Waals surface area (Å²) in [6, 6.07) is 15.0. The van der Waals surface area contributed by atoms with Crippen LogP contribution in [0, 0.1) is 21.2 Å². The fraction of sp³-hybridized carbons (Fsp3) is 0.0556. The second-order valence-corrected chi connectivity index (χ2v) is 4.91. The molecule has 108 valence electrons. The van der Waals surface area contributed by atoms with E-state index in [1.165, 1.54) is 27.4 Å². The van der Waals surface area contributed by atoms with Crippen molar-refractivity contribution < 1.29 is 26.2 Å². The Labute approximate surface area is 156 Å². The van der Waals surface area contributed by atoms with Crippen LogP contribution in [0.15, 0.2) is 54.9 Å². The van der Waals surface area contributed by atoms with Crippen molar-refractivity contribution in [3.8, 4) is 11.1 Å². The largest absolute Gasteiger partial charge is 3.00 e. The second kappa shape index (κ2) is 9.70. The molecule has 0 atom stereocenters. The Morgan fingerprint density at radius 1 is 1.00 bits per heavy atom. The fourth-order valence-electron chi connectivity index (χ4n) is 2.34. The van der Waals surface area contributed by atoms with Crippen molar-refractivity contribution >= 4 is 15.4 Å². The van der Waals surface area contributed by atoms with Gasteiger partial charge in [0.05, 0.1) is 10.2 Å². The normalized spacial score (nSPS) is 9.68. The number of aromatic nitrogens is 2. The number of imidazole rings is 1. The van der Waals surface area contributed by atoms with Gasteiger partial charge in [-0.2, -0.15) is 0 Å². The van der Waals surface area contributed by atoms with E-state index in [1.807, 2.05) is 0 Å². The molecule has 0 fully saturated rings. The maximum absolute atomic E-state index is 3.66. The van der Waals surface area contributed by atoms with Crippen molar-refractivity contribution in [2.24, 2.45) is 0 Å². The topological polar surface area (TPSA) is 28.7 Å². The van der Waals surface area contributed by atoms with Gasteiger partial charge in [0.2, 0.25) is 0 Å². The smallest absolute Gasteiger partial charge is 0.467 e. The number of nitrogens with one attached hydrogen (secondary N) is 1. The van der Waals surface area contributed by atoms with E-state index >= 15 is 0 Å². The Bertz CT molecular complexity index is 664. The molecule has 1 aliphatic carbocycles. The summed E-state index contributed by atoms with van der Waals surface area (Å²) in [6.07, 6.45) is 6.89. The molecule has 0 saturated carbocycles. The second-order valence-electron chi connectivity index (χ2n) is 4.37.